The summed E-state index contributed by atoms with van der Waals surface area (Å²) in [7, 11) is 1.24. The van der Waals surface area contributed by atoms with Gasteiger partial charge >= 0.3 is 12.1 Å². The SMILES string of the molecule is COC(=O)NCc1cc(C(=O)N2CCOCC2C(=O)O)ccn1. The van der Waals surface area contributed by atoms with E-state index in [9.17, 15) is 19.5 Å². The van der Waals surface area contributed by atoms with Crippen LogP contribution in [0.5, 0.6) is 0 Å². The molecule has 2 N–H and O–H groups in total. The Morgan fingerprint density at radius 1 is 1.52 bits per heavy atom. The van der Waals surface area contributed by atoms with Gasteiger partial charge in [0.1, 0.15) is 0 Å². The zero-order chi connectivity index (χ0) is 16.8. The summed E-state index contributed by atoms with van der Waals surface area (Å²) in [5.74, 6) is -1.53. The first kappa shape index (κ1) is 16.7. The van der Waals surface area contributed by atoms with E-state index in [4.69, 9.17) is 4.74 Å². The molecule has 1 saturated heterocycles. The van der Waals surface area contributed by atoms with Gasteiger partial charge in [0.05, 0.1) is 32.6 Å². The average Bonchev–Trinajstić information content (AvgIpc) is 2.59. The first-order chi connectivity index (χ1) is 11.0. The first-order valence-electron chi connectivity index (χ1n) is 6.91. The number of nitrogens with zero attached hydrogens (tertiary/aromatic N) is 2. The predicted molar refractivity (Wildman–Crippen MR) is 76.8 cm³/mol. The van der Waals surface area contributed by atoms with E-state index >= 15 is 0 Å². The maximum Gasteiger partial charge on any atom is 0.407 e. The van der Waals surface area contributed by atoms with Crippen molar-refractivity contribution in [2.75, 3.05) is 26.9 Å². The van der Waals surface area contributed by atoms with Gasteiger partial charge in [0.25, 0.3) is 5.91 Å². The number of carbonyl (C=O) groups is 3. The second-order valence-corrected chi connectivity index (χ2v) is 4.81. The fourth-order valence-electron chi connectivity index (χ4n) is 2.16. The molecule has 2 amide bonds. The summed E-state index contributed by atoms with van der Waals surface area (Å²) in [5, 5.41) is 11.6. The van der Waals surface area contributed by atoms with Crippen LogP contribution in [-0.2, 0) is 20.8 Å². The lowest BCUT2D eigenvalue weighted by atomic mass is 10.1. The Balaban J connectivity index is 2.12. The number of rotatable bonds is 4. The van der Waals surface area contributed by atoms with Crippen LogP contribution in [0, 0.1) is 0 Å². The third kappa shape index (κ3) is 4.16. The van der Waals surface area contributed by atoms with Gasteiger partial charge in [0.15, 0.2) is 6.04 Å². The van der Waals surface area contributed by atoms with Crippen LogP contribution in [0.15, 0.2) is 18.3 Å². The normalized spacial score (nSPS) is 17.4. The van der Waals surface area contributed by atoms with Crippen molar-refractivity contribution in [2.24, 2.45) is 0 Å². The largest absolute Gasteiger partial charge is 0.480 e. The smallest absolute Gasteiger partial charge is 0.407 e. The van der Waals surface area contributed by atoms with Crippen LogP contribution in [0.4, 0.5) is 4.79 Å². The van der Waals surface area contributed by atoms with Crippen molar-refractivity contribution in [3.63, 3.8) is 0 Å². The highest BCUT2D eigenvalue weighted by molar-refractivity contribution is 5.96. The van der Waals surface area contributed by atoms with Crippen LogP contribution in [-0.4, -0.2) is 65.9 Å². The topological polar surface area (TPSA) is 118 Å². The Bertz CT molecular complexity index is 606. The fourth-order valence-corrected chi connectivity index (χ4v) is 2.16. The Hall–Kier alpha value is -2.68. The minimum atomic E-state index is -1.11. The van der Waals surface area contributed by atoms with Crippen molar-refractivity contribution in [3.8, 4) is 0 Å². The predicted octanol–water partition coefficient (Wildman–Crippen LogP) is -0.137. The number of carbonyl (C=O) groups excluding carboxylic acids is 2. The molecule has 124 valence electrons. The number of nitrogens with one attached hydrogen (secondary N) is 1. The van der Waals surface area contributed by atoms with E-state index in [1.165, 1.54) is 30.3 Å². The molecular weight excluding hydrogens is 306 g/mol. The van der Waals surface area contributed by atoms with E-state index < -0.39 is 24.0 Å². The van der Waals surface area contributed by atoms with E-state index in [0.29, 0.717) is 11.3 Å². The number of alkyl carbamates (subject to hydrolysis) is 1. The number of ether oxygens (including phenoxy) is 2. The van der Waals surface area contributed by atoms with Crippen molar-refractivity contribution >= 4 is 18.0 Å². The number of morpholine rings is 1. The number of amides is 2. The molecule has 0 aliphatic carbocycles. The molecule has 9 nitrogen and oxygen atoms in total. The Labute approximate surface area is 132 Å². The van der Waals surface area contributed by atoms with Gasteiger partial charge in [-0.3, -0.25) is 9.78 Å². The maximum atomic E-state index is 12.5. The van der Waals surface area contributed by atoms with E-state index in [0.717, 1.165) is 0 Å². The Morgan fingerprint density at radius 2 is 2.30 bits per heavy atom. The number of aromatic nitrogens is 1. The molecule has 0 aromatic carbocycles. The molecule has 1 unspecified atom stereocenters. The van der Waals surface area contributed by atoms with Crippen LogP contribution in [0.1, 0.15) is 16.1 Å². The molecule has 1 atom stereocenters. The fraction of sp³-hybridized carbons (Fsp3) is 0.429. The number of carboxylic acids is 1. The highest BCUT2D eigenvalue weighted by Gasteiger charge is 2.33. The number of methoxy groups -OCH3 is 1. The van der Waals surface area contributed by atoms with Crippen LogP contribution in [0.25, 0.3) is 0 Å². The number of pyridine rings is 1. The van der Waals surface area contributed by atoms with Crippen molar-refractivity contribution < 1.29 is 29.0 Å². The molecule has 1 aromatic rings. The van der Waals surface area contributed by atoms with Crippen molar-refractivity contribution in [3.05, 3.63) is 29.6 Å². The van der Waals surface area contributed by atoms with Gasteiger partial charge in [-0.2, -0.15) is 0 Å². The summed E-state index contributed by atoms with van der Waals surface area (Å²) >= 11 is 0. The zero-order valence-corrected chi connectivity index (χ0v) is 12.5. The summed E-state index contributed by atoms with van der Waals surface area (Å²) in [4.78, 5) is 40.1. The molecule has 1 aromatic heterocycles. The minimum absolute atomic E-state index is 0.0388. The molecule has 1 fully saturated rings. The van der Waals surface area contributed by atoms with Crippen LogP contribution < -0.4 is 5.32 Å². The van der Waals surface area contributed by atoms with Gasteiger partial charge in [-0.15, -0.1) is 0 Å². The second kappa shape index (κ2) is 7.54. The zero-order valence-electron chi connectivity index (χ0n) is 12.5. The lowest BCUT2D eigenvalue weighted by molar-refractivity contribution is -0.147. The molecule has 1 aliphatic rings. The summed E-state index contributed by atoms with van der Waals surface area (Å²) in [6, 6.07) is 1.99. The molecule has 23 heavy (non-hydrogen) atoms. The van der Waals surface area contributed by atoms with Crippen LogP contribution in [0.3, 0.4) is 0 Å². The molecule has 2 rings (SSSR count). The van der Waals surface area contributed by atoms with Crippen molar-refractivity contribution in [1.29, 1.82) is 0 Å². The number of carboxylic acid groups (broad SMARTS) is 1. The molecule has 0 spiro atoms. The summed E-state index contributed by atoms with van der Waals surface area (Å²) in [6.07, 6.45) is 0.820. The summed E-state index contributed by atoms with van der Waals surface area (Å²) < 4.78 is 9.57. The number of hydrogen-bond acceptors (Lipinski definition) is 6. The van der Waals surface area contributed by atoms with Gasteiger partial charge in [-0.1, -0.05) is 0 Å². The summed E-state index contributed by atoms with van der Waals surface area (Å²) in [5.41, 5.74) is 0.760. The Kier molecular flexibility index (Phi) is 5.47. The van der Waals surface area contributed by atoms with Crippen molar-refractivity contribution in [2.45, 2.75) is 12.6 Å². The van der Waals surface area contributed by atoms with Crippen LogP contribution in [0.2, 0.25) is 0 Å². The van der Waals surface area contributed by atoms with Gasteiger partial charge in [0.2, 0.25) is 0 Å². The first-order valence-corrected chi connectivity index (χ1v) is 6.91. The highest BCUT2D eigenvalue weighted by Crippen LogP contribution is 2.13. The second-order valence-electron chi connectivity index (χ2n) is 4.81. The van der Waals surface area contributed by atoms with E-state index in [-0.39, 0.29) is 26.3 Å². The molecule has 0 saturated carbocycles. The average molecular weight is 323 g/mol. The van der Waals surface area contributed by atoms with Gasteiger partial charge in [0, 0.05) is 18.3 Å². The summed E-state index contributed by atoms with van der Waals surface area (Å²) in [6.45, 7) is 0.549. The van der Waals surface area contributed by atoms with E-state index in [1.807, 2.05) is 0 Å². The molecule has 0 radical (unpaired) electrons. The van der Waals surface area contributed by atoms with E-state index in [2.05, 4.69) is 15.0 Å². The van der Waals surface area contributed by atoms with Gasteiger partial charge in [-0.25, -0.2) is 9.59 Å². The monoisotopic (exact) mass is 323 g/mol. The number of aliphatic carboxylic acids is 1. The van der Waals surface area contributed by atoms with Gasteiger partial charge < -0.3 is 24.8 Å². The molecule has 2 heterocycles. The molecule has 0 bridgehead atoms. The van der Waals surface area contributed by atoms with Crippen LogP contribution >= 0.6 is 0 Å². The minimum Gasteiger partial charge on any atom is -0.480 e. The molecule has 1 aliphatic heterocycles. The lowest BCUT2D eigenvalue weighted by Crippen LogP contribution is -2.52. The quantitative estimate of drug-likeness (QED) is 0.792. The maximum absolute atomic E-state index is 12.5. The standard InChI is InChI=1S/C14H17N3O6/c1-22-14(21)16-7-10-6-9(2-3-15-10)12(18)17-4-5-23-8-11(17)13(19)20/h2-3,6,11H,4-5,7-8H2,1H3,(H,16,21)(H,19,20). The van der Waals surface area contributed by atoms with Crippen molar-refractivity contribution in [1.82, 2.24) is 15.2 Å². The lowest BCUT2D eigenvalue weighted by Gasteiger charge is -2.32. The highest BCUT2D eigenvalue weighted by atomic mass is 16.5. The molecular formula is C14H17N3O6. The van der Waals surface area contributed by atoms with Gasteiger partial charge in [-0.05, 0) is 12.1 Å². The molecule has 9 heteroatoms. The third-order valence-corrected chi connectivity index (χ3v) is 3.34. The number of hydrogen-bond donors (Lipinski definition) is 2. The Morgan fingerprint density at radius 3 is 3.00 bits per heavy atom. The van der Waals surface area contributed by atoms with E-state index in [1.54, 1.807) is 0 Å². The third-order valence-electron chi connectivity index (χ3n) is 3.34.